The lowest BCUT2D eigenvalue weighted by Crippen LogP contribution is -2.39. The van der Waals surface area contributed by atoms with Gasteiger partial charge in [0.2, 0.25) is 0 Å². The van der Waals surface area contributed by atoms with Crippen LogP contribution in [-0.4, -0.2) is 49.3 Å². The average molecular weight is 215 g/mol. The summed E-state index contributed by atoms with van der Waals surface area (Å²) in [5, 5.41) is 9.15. The van der Waals surface area contributed by atoms with Crippen molar-refractivity contribution in [3.63, 3.8) is 0 Å². The van der Waals surface area contributed by atoms with Gasteiger partial charge in [0.1, 0.15) is 0 Å². The second-order valence-electron chi connectivity index (χ2n) is 4.64. The molecule has 0 aromatic rings. The van der Waals surface area contributed by atoms with Gasteiger partial charge in [0, 0.05) is 13.1 Å². The van der Waals surface area contributed by atoms with Gasteiger partial charge in [0.05, 0.1) is 19.1 Å². The summed E-state index contributed by atoms with van der Waals surface area (Å²) < 4.78 is 4.67. The summed E-state index contributed by atoms with van der Waals surface area (Å²) in [5.74, 6) is 0.357. The van der Waals surface area contributed by atoms with Crippen LogP contribution in [0.15, 0.2) is 0 Å². The van der Waals surface area contributed by atoms with Gasteiger partial charge in [-0.1, -0.05) is 6.92 Å². The first-order valence-electron chi connectivity index (χ1n) is 5.47. The van der Waals surface area contributed by atoms with Crippen LogP contribution in [0.4, 0.5) is 0 Å². The molecule has 0 saturated heterocycles. The standard InChI is InChI=1S/C11H21NO3/c1-8(11(14)15-3)6-12(2)7-9-4-10(13)5-9/h8-10,13H,4-7H2,1-3H3. The molecule has 88 valence electrons. The van der Waals surface area contributed by atoms with Gasteiger partial charge in [-0.05, 0) is 25.8 Å². The minimum atomic E-state index is -0.157. The third kappa shape index (κ3) is 3.80. The fourth-order valence-corrected chi connectivity index (χ4v) is 2.11. The van der Waals surface area contributed by atoms with Crippen molar-refractivity contribution in [3.05, 3.63) is 0 Å². The van der Waals surface area contributed by atoms with E-state index in [2.05, 4.69) is 9.64 Å². The molecule has 1 rings (SSSR count). The highest BCUT2D eigenvalue weighted by Crippen LogP contribution is 2.27. The van der Waals surface area contributed by atoms with Gasteiger partial charge in [-0.15, -0.1) is 0 Å². The Morgan fingerprint density at radius 2 is 2.20 bits per heavy atom. The average Bonchev–Trinajstić information content (AvgIpc) is 2.14. The lowest BCUT2D eigenvalue weighted by atomic mass is 9.82. The molecule has 0 amide bonds. The number of carbonyl (C=O) groups is 1. The van der Waals surface area contributed by atoms with E-state index >= 15 is 0 Å². The van der Waals surface area contributed by atoms with Crippen LogP contribution >= 0.6 is 0 Å². The van der Waals surface area contributed by atoms with Crippen LogP contribution < -0.4 is 0 Å². The Hall–Kier alpha value is -0.610. The molecule has 0 spiro atoms. The molecule has 0 bridgehead atoms. The highest BCUT2D eigenvalue weighted by Gasteiger charge is 2.28. The number of aliphatic hydroxyl groups is 1. The van der Waals surface area contributed by atoms with E-state index in [0.717, 1.165) is 25.9 Å². The molecule has 0 radical (unpaired) electrons. The van der Waals surface area contributed by atoms with Gasteiger partial charge in [-0.3, -0.25) is 4.79 Å². The van der Waals surface area contributed by atoms with E-state index in [1.165, 1.54) is 7.11 Å². The lowest BCUT2D eigenvalue weighted by Gasteiger charge is -2.34. The van der Waals surface area contributed by atoms with Crippen LogP contribution in [0.1, 0.15) is 19.8 Å². The van der Waals surface area contributed by atoms with Crippen molar-refractivity contribution in [3.8, 4) is 0 Å². The second-order valence-corrected chi connectivity index (χ2v) is 4.64. The van der Waals surface area contributed by atoms with E-state index in [4.69, 9.17) is 5.11 Å². The smallest absolute Gasteiger partial charge is 0.309 e. The number of hydrogen-bond acceptors (Lipinski definition) is 4. The summed E-state index contributed by atoms with van der Waals surface area (Å²) in [7, 11) is 3.42. The monoisotopic (exact) mass is 215 g/mol. The zero-order valence-electron chi connectivity index (χ0n) is 9.77. The number of ether oxygens (including phenoxy) is 1. The first kappa shape index (κ1) is 12.5. The predicted molar refractivity (Wildman–Crippen MR) is 57.4 cm³/mol. The van der Waals surface area contributed by atoms with E-state index in [1.807, 2.05) is 14.0 Å². The number of aliphatic hydroxyl groups excluding tert-OH is 1. The van der Waals surface area contributed by atoms with Crippen molar-refractivity contribution in [2.45, 2.75) is 25.9 Å². The molecule has 1 N–H and O–H groups in total. The first-order chi connectivity index (χ1) is 7.02. The van der Waals surface area contributed by atoms with Crippen molar-refractivity contribution in [2.75, 3.05) is 27.2 Å². The molecule has 1 aliphatic carbocycles. The van der Waals surface area contributed by atoms with Gasteiger partial charge < -0.3 is 14.7 Å². The summed E-state index contributed by atoms with van der Waals surface area (Å²) in [6.07, 6.45) is 1.70. The Bertz CT molecular complexity index is 214. The molecule has 0 aromatic carbocycles. The molecule has 0 aliphatic heterocycles. The molecule has 1 saturated carbocycles. The molecule has 0 heterocycles. The Morgan fingerprint density at radius 3 is 2.67 bits per heavy atom. The molecule has 4 heteroatoms. The molecular weight excluding hydrogens is 194 g/mol. The summed E-state index contributed by atoms with van der Waals surface area (Å²) in [4.78, 5) is 13.3. The molecule has 0 aromatic heterocycles. The Labute approximate surface area is 91.2 Å². The van der Waals surface area contributed by atoms with Gasteiger partial charge in [-0.25, -0.2) is 0 Å². The summed E-state index contributed by atoms with van der Waals surface area (Å²) in [6, 6.07) is 0. The second kappa shape index (κ2) is 5.47. The third-order valence-electron chi connectivity index (χ3n) is 2.97. The van der Waals surface area contributed by atoms with Crippen molar-refractivity contribution in [1.29, 1.82) is 0 Å². The highest BCUT2D eigenvalue weighted by atomic mass is 16.5. The summed E-state index contributed by atoms with van der Waals surface area (Å²) in [5.41, 5.74) is 0. The van der Waals surface area contributed by atoms with Crippen LogP contribution in [0.2, 0.25) is 0 Å². The normalized spacial score (nSPS) is 27.3. The van der Waals surface area contributed by atoms with Crippen molar-refractivity contribution >= 4 is 5.97 Å². The molecule has 1 unspecified atom stereocenters. The predicted octanol–water partition coefficient (Wildman–Crippen LogP) is 0.498. The topological polar surface area (TPSA) is 49.8 Å². The first-order valence-corrected chi connectivity index (χ1v) is 5.47. The fourth-order valence-electron chi connectivity index (χ4n) is 2.11. The Kier molecular flexibility index (Phi) is 4.54. The molecular formula is C11H21NO3. The van der Waals surface area contributed by atoms with E-state index in [-0.39, 0.29) is 18.0 Å². The zero-order valence-corrected chi connectivity index (χ0v) is 9.77. The van der Waals surface area contributed by atoms with E-state index < -0.39 is 0 Å². The number of carbonyl (C=O) groups excluding carboxylic acids is 1. The number of nitrogens with zero attached hydrogens (tertiary/aromatic N) is 1. The van der Waals surface area contributed by atoms with Crippen LogP contribution in [0.25, 0.3) is 0 Å². The number of hydrogen-bond donors (Lipinski definition) is 1. The fraction of sp³-hybridized carbons (Fsp3) is 0.909. The van der Waals surface area contributed by atoms with Crippen LogP contribution in [0.3, 0.4) is 0 Å². The van der Waals surface area contributed by atoms with Gasteiger partial charge in [-0.2, -0.15) is 0 Å². The quantitative estimate of drug-likeness (QED) is 0.678. The maximum absolute atomic E-state index is 11.2. The Balaban J connectivity index is 2.17. The number of methoxy groups -OCH3 is 1. The van der Waals surface area contributed by atoms with Crippen LogP contribution in [-0.2, 0) is 9.53 Å². The largest absolute Gasteiger partial charge is 0.469 e. The number of rotatable bonds is 5. The lowest BCUT2D eigenvalue weighted by molar-refractivity contribution is -0.145. The highest BCUT2D eigenvalue weighted by molar-refractivity contribution is 5.71. The molecule has 4 nitrogen and oxygen atoms in total. The van der Waals surface area contributed by atoms with Crippen molar-refractivity contribution in [1.82, 2.24) is 4.90 Å². The maximum atomic E-state index is 11.2. The SMILES string of the molecule is COC(=O)C(C)CN(C)CC1CC(O)C1. The van der Waals surface area contributed by atoms with Gasteiger partial charge in [0.15, 0.2) is 0 Å². The maximum Gasteiger partial charge on any atom is 0.309 e. The molecule has 15 heavy (non-hydrogen) atoms. The van der Waals surface area contributed by atoms with Crippen LogP contribution in [0, 0.1) is 11.8 Å². The van der Waals surface area contributed by atoms with Crippen molar-refractivity contribution < 1.29 is 14.6 Å². The van der Waals surface area contributed by atoms with E-state index in [0.29, 0.717) is 5.92 Å². The summed E-state index contributed by atoms with van der Waals surface area (Å²) >= 11 is 0. The minimum absolute atomic E-state index is 0.0787. The molecule has 1 fully saturated rings. The summed E-state index contributed by atoms with van der Waals surface area (Å²) in [6.45, 7) is 3.55. The third-order valence-corrected chi connectivity index (χ3v) is 2.97. The minimum Gasteiger partial charge on any atom is -0.469 e. The van der Waals surface area contributed by atoms with Crippen molar-refractivity contribution in [2.24, 2.45) is 11.8 Å². The van der Waals surface area contributed by atoms with E-state index in [9.17, 15) is 4.79 Å². The van der Waals surface area contributed by atoms with Gasteiger partial charge >= 0.3 is 5.97 Å². The molecule has 1 aliphatic rings. The number of esters is 1. The molecule has 1 atom stereocenters. The van der Waals surface area contributed by atoms with Gasteiger partial charge in [0.25, 0.3) is 0 Å². The van der Waals surface area contributed by atoms with Crippen LogP contribution in [0.5, 0.6) is 0 Å². The zero-order chi connectivity index (χ0) is 11.4. The Morgan fingerprint density at radius 1 is 1.60 bits per heavy atom. The van der Waals surface area contributed by atoms with E-state index in [1.54, 1.807) is 0 Å².